The first-order valence-electron chi connectivity index (χ1n) is 11.0. The van der Waals surface area contributed by atoms with E-state index in [1.54, 1.807) is 12.1 Å². The van der Waals surface area contributed by atoms with Crippen LogP contribution in [0.5, 0.6) is 5.75 Å². The number of hydrogen-bond donors (Lipinski definition) is 0. The molecule has 0 spiro atoms. The van der Waals surface area contributed by atoms with Crippen LogP contribution in [0.15, 0.2) is 48.6 Å². The molecule has 2 aromatic carbocycles. The minimum absolute atomic E-state index is 0.122. The molecule has 2 aliphatic carbocycles. The van der Waals surface area contributed by atoms with E-state index in [-0.39, 0.29) is 22.8 Å². The number of hydrogen-bond acceptors (Lipinski definition) is 2. The maximum Gasteiger partial charge on any atom is 0.343 e. The molecule has 5 heteroatoms. The fraction of sp³-hybridized carbons (Fsp3) is 0.423. The predicted octanol–water partition coefficient (Wildman–Crippen LogP) is 7.71. The van der Waals surface area contributed by atoms with Gasteiger partial charge in [-0.1, -0.05) is 23.8 Å². The van der Waals surface area contributed by atoms with Crippen molar-refractivity contribution in [1.29, 1.82) is 0 Å². The van der Waals surface area contributed by atoms with Crippen LogP contribution in [0.25, 0.3) is 0 Å². The van der Waals surface area contributed by atoms with Gasteiger partial charge in [0.2, 0.25) is 0 Å². The standard InChI is InChI=1S/C26H27ClF2O2/c1-2-3-16-4-5-18-13-19(7-6-17(18)12-16)25-23(28)14-20(15-24(25)29)26(30)31-22-10-8-21(27)9-11-22/h2-3,8-11,14-19H,4-7,12-13H2,1H3/b3-2+. The summed E-state index contributed by atoms with van der Waals surface area (Å²) in [6.07, 6.45) is 10.5. The monoisotopic (exact) mass is 444 g/mol. The van der Waals surface area contributed by atoms with E-state index in [2.05, 4.69) is 19.1 Å². The van der Waals surface area contributed by atoms with Crippen LogP contribution in [0, 0.1) is 29.4 Å². The first kappa shape index (κ1) is 22.0. The van der Waals surface area contributed by atoms with E-state index in [1.807, 2.05) is 0 Å². The van der Waals surface area contributed by atoms with Crippen LogP contribution in [0.3, 0.4) is 0 Å². The lowest BCUT2D eigenvalue weighted by atomic mass is 9.63. The molecule has 0 heterocycles. The molecule has 2 aliphatic rings. The van der Waals surface area contributed by atoms with Crippen molar-refractivity contribution >= 4 is 17.6 Å². The van der Waals surface area contributed by atoms with Crippen molar-refractivity contribution in [3.05, 3.63) is 76.3 Å². The maximum absolute atomic E-state index is 15.0. The van der Waals surface area contributed by atoms with E-state index in [0.717, 1.165) is 44.2 Å². The first-order valence-corrected chi connectivity index (χ1v) is 11.4. The minimum Gasteiger partial charge on any atom is -0.423 e. The van der Waals surface area contributed by atoms with Gasteiger partial charge in [0.1, 0.15) is 17.4 Å². The van der Waals surface area contributed by atoms with Crippen molar-refractivity contribution in [3.8, 4) is 5.75 Å². The Labute approximate surface area is 187 Å². The number of ether oxygens (including phenoxy) is 1. The molecule has 2 aromatic rings. The van der Waals surface area contributed by atoms with Gasteiger partial charge >= 0.3 is 5.97 Å². The number of halogens is 3. The SMILES string of the molecule is C/C=C/C1CCC2CC(c3c(F)cc(C(=O)Oc4ccc(Cl)cc4)cc3F)CCC2C1. The van der Waals surface area contributed by atoms with Crippen LogP contribution in [0.4, 0.5) is 8.78 Å². The third-order valence-corrected chi connectivity index (χ3v) is 7.12. The molecule has 0 aromatic heterocycles. The van der Waals surface area contributed by atoms with Crippen molar-refractivity contribution in [2.45, 2.75) is 51.4 Å². The van der Waals surface area contributed by atoms with Crippen molar-refractivity contribution in [3.63, 3.8) is 0 Å². The molecule has 0 aliphatic heterocycles. The fourth-order valence-electron chi connectivity index (χ4n) is 5.40. The van der Waals surface area contributed by atoms with Gasteiger partial charge in [-0.15, -0.1) is 0 Å². The summed E-state index contributed by atoms with van der Waals surface area (Å²) in [6.45, 7) is 2.06. The Hall–Kier alpha value is -2.20. The normalized spacial score (nSPS) is 25.9. The van der Waals surface area contributed by atoms with E-state index in [4.69, 9.17) is 16.3 Å². The molecule has 0 N–H and O–H groups in total. The lowest BCUT2D eigenvalue weighted by Gasteiger charge is -2.42. The van der Waals surface area contributed by atoms with Gasteiger partial charge in [-0.2, -0.15) is 0 Å². The lowest BCUT2D eigenvalue weighted by molar-refractivity contribution is 0.0733. The molecule has 2 saturated carbocycles. The largest absolute Gasteiger partial charge is 0.423 e. The van der Waals surface area contributed by atoms with Gasteiger partial charge in [0.15, 0.2) is 0 Å². The molecule has 0 amide bonds. The summed E-state index contributed by atoms with van der Waals surface area (Å²) in [7, 11) is 0. The lowest BCUT2D eigenvalue weighted by Crippen LogP contribution is -2.30. The summed E-state index contributed by atoms with van der Waals surface area (Å²) in [4.78, 5) is 12.4. The number of esters is 1. The third-order valence-electron chi connectivity index (χ3n) is 6.87. The molecule has 4 rings (SSSR count). The van der Waals surface area contributed by atoms with Crippen molar-refractivity contribution in [1.82, 2.24) is 0 Å². The number of carbonyl (C=O) groups is 1. The summed E-state index contributed by atoms with van der Waals surface area (Å²) >= 11 is 5.82. The number of fused-ring (bicyclic) bond motifs is 1. The molecule has 2 fully saturated rings. The van der Waals surface area contributed by atoms with Crippen molar-refractivity contribution in [2.75, 3.05) is 0 Å². The Kier molecular flexibility index (Phi) is 6.76. The molecule has 4 atom stereocenters. The Morgan fingerprint density at radius 3 is 2.32 bits per heavy atom. The second-order valence-corrected chi connectivity index (χ2v) is 9.26. The summed E-state index contributed by atoms with van der Waals surface area (Å²) < 4.78 is 35.1. The van der Waals surface area contributed by atoms with Crippen molar-refractivity contribution < 1.29 is 18.3 Å². The van der Waals surface area contributed by atoms with E-state index in [0.29, 0.717) is 22.8 Å². The van der Waals surface area contributed by atoms with Crippen molar-refractivity contribution in [2.24, 2.45) is 17.8 Å². The van der Waals surface area contributed by atoms with E-state index in [9.17, 15) is 13.6 Å². The highest BCUT2D eigenvalue weighted by Crippen LogP contribution is 2.48. The third kappa shape index (κ3) is 5.01. The summed E-state index contributed by atoms with van der Waals surface area (Å²) in [5, 5.41) is 0.506. The summed E-state index contributed by atoms with van der Waals surface area (Å²) in [6, 6.07) is 8.43. The number of rotatable bonds is 4. The van der Waals surface area contributed by atoms with Crippen LogP contribution in [-0.2, 0) is 0 Å². The van der Waals surface area contributed by atoms with Crippen LogP contribution < -0.4 is 4.74 Å². The average molecular weight is 445 g/mol. The molecule has 0 radical (unpaired) electrons. The molecule has 2 nitrogen and oxygen atoms in total. The molecule has 164 valence electrons. The van der Waals surface area contributed by atoms with Gasteiger partial charge in [0, 0.05) is 10.6 Å². The Morgan fingerprint density at radius 2 is 1.65 bits per heavy atom. The average Bonchev–Trinajstić information content (AvgIpc) is 2.75. The van der Waals surface area contributed by atoms with Gasteiger partial charge in [0.25, 0.3) is 0 Å². The number of benzene rings is 2. The number of carbonyl (C=O) groups excluding carboxylic acids is 1. The smallest absolute Gasteiger partial charge is 0.343 e. The quantitative estimate of drug-likeness (QED) is 0.274. The highest BCUT2D eigenvalue weighted by molar-refractivity contribution is 6.30. The summed E-state index contributed by atoms with van der Waals surface area (Å²) in [5.74, 6) is -0.172. The second-order valence-electron chi connectivity index (χ2n) is 8.83. The molecular weight excluding hydrogens is 418 g/mol. The second kappa shape index (κ2) is 9.52. The summed E-state index contributed by atoms with van der Waals surface area (Å²) in [5.41, 5.74) is -0.00804. The predicted molar refractivity (Wildman–Crippen MR) is 118 cm³/mol. The highest BCUT2D eigenvalue weighted by Gasteiger charge is 2.37. The fourth-order valence-corrected chi connectivity index (χ4v) is 5.52. The van der Waals surface area contributed by atoms with Gasteiger partial charge < -0.3 is 4.74 Å². The van der Waals surface area contributed by atoms with Crippen LogP contribution >= 0.6 is 11.6 Å². The van der Waals surface area contributed by atoms with Gasteiger partial charge in [-0.05, 0) is 106 Å². The minimum atomic E-state index is -0.794. The Bertz CT molecular complexity index is 947. The van der Waals surface area contributed by atoms with Gasteiger partial charge in [-0.3, -0.25) is 0 Å². The van der Waals surface area contributed by atoms with Crippen LogP contribution in [0.1, 0.15) is 67.3 Å². The zero-order valence-corrected chi connectivity index (χ0v) is 18.4. The topological polar surface area (TPSA) is 26.3 Å². The molecule has 4 unspecified atom stereocenters. The van der Waals surface area contributed by atoms with Crippen LogP contribution in [-0.4, -0.2) is 5.97 Å². The van der Waals surface area contributed by atoms with Gasteiger partial charge in [-0.25, -0.2) is 13.6 Å². The first-order chi connectivity index (χ1) is 14.9. The highest BCUT2D eigenvalue weighted by atomic mass is 35.5. The molecule has 0 bridgehead atoms. The number of allylic oxidation sites excluding steroid dienone is 2. The molecule has 0 saturated heterocycles. The van der Waals surface area contributed by atoms with Gasteiger partial charge in [0.05, 0.1) is 5.56 Å². The Balaban J connectivity index is 1.46. The molecule has 31 heavy (non-hydrogen) atoms. The van der Waals surface area contributed by atoms with E-state index >= 15 is 0 Å². The Morgan fingerprint density at radius 1 is 1.00 bits per heavy atom. The zero-order valence-electron chi connectivity index (χ0n) is 17.6. The zero-order chi connectivity index (χ0) is 22.0. The van der Waals surface area contributed by atoms with E-state index in [1.165, 1.54) is 18.6 Å². The molecular formula is C26H27ClF2O2. The maximum atomic E-state index is 15.0. The van der Waals surface area contributed by atoms with E-state index < -0.39 is 17.6 Å². The van der Waals surface area contributed by atoms with Crippen LogP contribution in [0.2, 0.25) is 5.02 Å².